The third kappa shape index (κ3) is 4.81. The summed E-state index contributed by atoms with van der Waals surface area (Å²) in [4.78, 5) is 4.86. The molecule has 0 unspecified atom stereocenters. The lowest BCUT2D eigenvalue weighted by Crippen LogP contribution is -2.40. The molecule has 1 aromatic carbocycles. The topological polar surface area (TPSA) is 79.6 Å². The summed E-state index contributed by atoms with van der Waals surface area (Å²) in [5.74, 6) is 0.561. The number of sulfonamides is 1. The fraction of sp³-hybridized carbons (Fsp3) is 0.360. The van der Waals surface area contributed by atoms with Crippen molar-refractivity contribution in [3.05, 3.63) is 64.7 Å². The van der Waals surface area contributed by atoms with Gasteiger partial charge in [-0.15, -0.1) is 0 Å². The number of halogens is 2. The number of hydrogen-bond donors (Lipinski definition) is 1. The molecule has 0 amide bonds. The molecule has 0 bridgehead atoms. The molecule has 1 saturated heterocycles. The van der Waals surface area contributed by atoms with E-state index in [1.54, 1.807) is 17.6 Å². The Bertz CT molecular complexity index is 1480. The maximum absolute atomic E-state index is 13.7. The van der Waals surface area contributed by atoms with Gasteiger partial charge < -0.3 is 5.32 Å². The maximum Gasteiger partial charge on any atom is 0.243 e. The van der Waals surface area contributed by atoms with Crippen molar-refractivity contribution in [2.24, 2.45) is 5.92 Å². The SMILES string of the molecule is Bc1cnn2c(NCC3CCN(S(=O)(=O)c4cc(F)ccc4C)CC3)cc(C3=C(Cl)CCC=C3)nc12. The minimum absolute atomic E-state index is 0.0459. The van der Waals surface area contributed by atoms with Crippen molar-refractivity contribution in [3.8, 4) is 0 Å². The average Bonchev–Trinajstić information content (AvgIpc) is 3.25. The molecule has 36 heavy (non-hydrogen) atoms. The molecule has 188 valence electrons. The van der Waals surface area contributed by atoms with Gasteiger partial charge in [-0.2, -0.15) is 13.9 Å². The summed E-state index contributed by atoms with van der Waals surface area (Å²) < 4.78 is 43.2. The van der Waals surface area contributed by atoms with Crippen LogP contribution < -0.4 is 10.8 Å². The highest BCUT2D eigenvalue weighted by Gasteiger charge is 2.30. The van der Waals surface area contributed by atoms with Gasteiger partial charge in [0.1, 0.15) is 19.5 Å². The number of piperidine rings is 1. The number of fused-ring (bicyclic) bond motifs is 1. The lowest BCUT2D eigenvalue weighted by atomic mass is 9.98. The molecule has 0 spiro atoms. The number of hydrogen-bond acceptors (Lipinski definition) is 5. The van der Waals surface area contributed by atoms with E-state index >= 15 is 0 Å². The van der Waals surface area contributed by atoms with Gasteiger partial charge in [-0.1, -0.05) is 29.8 Å². The molecule has 1 fully saturated rings. The average molecular weight is 528 g/mol. The Morgan fingerprint density at radius 2 is 2.03 bits per heavy atom. The molecular weight excluding hydrogens is 500 g/mol. The zero-order valence-electron chi connectivity index (χ0n) is 20.3. The van der Waals surface area contributed by atoms with Gasteiger partial charge in [0, 0.05) is 42.5 Å². The van der Waals surface area contributed by atoms with Gasteiger partial charge in [0.15, 0.2) is 5.65 Å². The molecule has 5 rings (SSSR count). The Balaban J connectivity index is 1.30. The zero-order chi connectivity index (χ0) is 25.4. The van der Waals surface area contributed by atoms with E-state index < -0.39 is 15.8 Å². The number of aryl methyl sites for hydroxylation is 1. The smallest absolute Gasteiger partial charge is 0.243 e. The van der Waals surface area contributed by atoms with Gasteiger partial charge in [0.25, 0.3) is 0 Å². The first-order valence-corrected chi connectivity index (χ1v) is 14.0. The molecule has 11 heteroatoms. The second-order valence-electron chi connectivity index (χ2n) is 9.49. The van der Waals surface area contributed by atoms with Crippen molar-refractivity contribution in [3.63, 3.8) is 0 Å². The molecule has 7 nitrogen and oxygen atoms in total. The molecule has 3 aromatic rings. The molecule has 1 aliphatic heterocycles. The first-order valence-electron chi connectivity index (χ1n) is 12.1. The van der Waals surface area contributed by atoms with E-state index in [4.69, 9.17) is 16.6 Å². The second-order valence-corrected chi connectivity index (χ2v) is 11.9. The third-order valence-electron chi connectivity index (χ3n) is 6.94. The van der Waals surface area contributed by atoms with E-state index in [1.807, 2.05) is 20.0 Å². The van der Waals surface area contributed by atoms with Gasteiger partial charge in [-0.25, -0.2) is 17.8 Å². The number of nitrogens with zero attached hydrogens (tertiary/aromatic N) is 4. The molecule has 1 aliphatic carbocycles. The van der Waals surface area contributed by atoms with Crippen molar-refractivity contribution in [1.82, 2.24) is 18.9 Å². The van der Waals surface area contributed by atoms with Crippen LogP contribution in [0.4, 0.5) is 10.2 Å². The van der Waals surface area contributed by atoms with Gasteiger partial charge in [0.2, 0.25) is 10.0 Å². The monoisotopic (exact) mass is 527 g/mol. The maximum atomic E-state index is 13.7. The number of benzene rings is 1. The minimum atomic E-state index is -3.73. The number of anilines is 1. The third-order valence-corrected chi connectivity index (χ3v) is 9.38. The lowest BCUT2D eigenvalue weighted by molar-refractivity contribution is 0.282. The summed E-state index contributed by atoms with van der Waals surface area (Å²) in [5.41, 5.74) is 4.04. The Labute approximate surface area is 216 Å². The summed E-state index contributed by atoms with van der Waals surface area (Å²) in [6, 6.07) is 5.87. The summed E-state index contributed by atoms with van der Waals surface area (Å²) in [5, 5.41) is 8.81. The number of allylic oxidation sites excluding steroid dienone is 4. The van der Waals surface area contributed by atoms with Crippen LogP contribution in [-0.2, 0) is 10.0 Å². The van der Waals surface area contributed by atoms with E-state index in [1.165, 1.54) is 16.4 Å². The molecule has 0 atom stereocenters. The highest BCUT2D eigenvalue weighted by atomic mass is 35.5. The predicted molar refractivity (Wildman–Crippen MR) is 143 cm³/mol. The fourth-order valence-corrected chi connectivity index (χ4v) is 6.77. The van der Waals surface area contributed by atoms with Gasteiger partial charge >= 0.3 is 0 Å². The van der Waals surface area contributed by atoms with E-state index in [2.05, 4.69) is 16.5 Å². The lowest BCUT2D eigenvalue weighted by Gasteiger charge is -2.31. The van der Waals surface area contributed by atoms with Gasteiger partial charge in [-0.3, -0.25) is 0 Å². The summed E-state index contributed by atoms with van der Waals surface area (Å²) in [7, 11) is -1.75. The van der Waals surface area contributed by atoms with E-state index in [-0.39, 0.29) is 10.8 Å². The summed E-state index contributed by atoms with van der Waals surface area (Å²) >= 11 is 6.52. The number of aromatic nitrogens is 3. The summed E-state index contributed by atoms with van der Waals surface area (Å²) in [6.45, 7) is 3.16. The van der Waals surface area contributed by atoms with Crippen molar-refractivity contribution >= 4 is 52.0 Å². The molecule has 0 radical (unpaired) electrons. The predicted octanol–water partition coefficient (Wildman–Crippen LogP) is 3.25. The Kier molecular flexibility index (Phi) is 6.93. The normalized spacial score (nSPS) is 17.8. The highest BCUT2D eigenvalue weighted by Crippen LogP contribution is 2.31. The Hall–Kier alpha value is -2.69. The van der Waals surface area contributed by atoms with Crippen molar-refractivity contribution in [2.45, 2.75) is 37.5 Å². The Morgan fingerprint density at radius 3 is 2.78 bits per heavy atom. The first-order chi connectivity index (χ1) is 17.2. The highest BCUT2D eigenvalue weighted by molar-refractivity contribution is 7.89. The molecule has 0 saturated carbocycles. The molecule has 1 N–H and O–H groups in total. The van der Waals surface area contributed by atoms with Crippen LogP contribution in [0.1, 0.15) is 36.9 Å². The molecular formula is C25H28BClFN5O2S. The van der Waals surface area contributed by atoms with E-state index in [9.17, 15) is 12.8 Å². The van der Waals surface area contributed by atoms with Crippen LogP contribution >= 0.6 is 11.6 Å². The van der Waals surface area contributed by atoms with Gasteiger partial charge in [0.05, 0.1) is 10.6 Å². The van der Waals surface area contributed by atoms with E-state index in [0.29, 0.717) is 38.0 Å². The second kappa shape index (κ2) is 9.99. The zero-order valence-corrected chi connectivity index (χ0v) is 21.9. The van der Waals surface area contributed by atoms with Crippen molar-refractivity contribution in [2.75, 3.05) is 25.0 Å². The fourth-order valence-electron chi connectivity index (χ4n) is 4.79. The molecule has 2 aromatic heterocycles. The first kappa shape index (κ1) is 25.0. The quantitative estimate of drug-likeness (QED) is 0.498. The van der Waals surface area contributed by atoms with Crippen molar-refractivity contribution in [1.29, 1.82) is 0 Å². The standard InChI is InChI=1S/C25H28BClFN5O2S/c1-16-6-7-18(28)12-23(16)36(34,35)32-10-8-17(9-11-32)14-29-24-13-22(19-4-2-3-5-21(19)27)31-25-20(26)15-30-33(24)25/h2,4,6-7,12-13,15,17,29H,3,5,8-11,14,26H2,1H3. The van der Waals surface area contributed by atoms with Crippen molar-refractivity contribution < 1.29 is 12.8 Å². The largest absolute Gasteiger partial charge is 0.370 e. The molecule has 3 heterocycles. The van der Waals surface area contributed by atoms with Crippen LogP contribution in [0.5, 0.6) is 0 Å². The summed E-state index contributed by atoms with van der Waals surface area (Å²) in [6.07, 6.45) is 9.07. The number of nitrogens with one attached hydrogen (secondary N) is 1. The molecule has 2 aliphatic rings. The van der Waals surface area contributed by atoms with Gasteiger partial charge in [-0.05, 0) is 61.7 Å². The number of rotatable bonds is 6. The minimum Gasteiger partial charge on any atom is -0.370 e. The van der Waals surface area contributed by atoms with Crippen LogP contribution in [0.25, 0.3) is 11.2 Å². The van der Waals surface area contributed by atoms with Crippen LogP contribution in [0.2, 0.25) is 0 Å². The van der Waals surface area contributed by atoms with Crippen LogP contribution in [0.3, 0.4) is 0 Å². The van der Waals surface area contributed by atoms with E-state index in [0.717, 1.165) is 52.1 Å². The Morgan fingerprint density at radius 1 is 1.25 bits per heavy atom. The van der Waals surface area contributed by atoms with Crippen LogP contribution in [0, 0.1) is 18.7 Å². The van der Waals surface area contributed by atoms with Crippen LogP contribution in [0.15, 0.2) is 52.5 Å². The van der Waals surface area contributed by atoms with Crippen LogP contribution in [-0.4, -0.2) is 54.8 Å².